The molecule has 1 fully saturated rings. The molecule has 0 unspecified atom stereocenters. The molecule has 0 aliphatic carbocycles. The van der Waals surface area contributed by atoms with Crippen molar-refractivity contribution < 1.29 is 9.53 Å². The lowest BCUT2D eigenvalue weighted by Crippen LogP contribution is -2.47. The van der Waals surface area contributed by atoms with Gasteiger partial charge in [0.2, 0.25) is 0 Å². The molecule has 0 saturated carbocycles. The molecule has 6 heteroatoms. The zero-order chi connectivity index (χ0) is 18.2. The van der Waals surface area contributed by atoms with Crippen LogP contribution >= 0.6 is 0 Å². The Balaban J connectivity index is 1.73. The summed E-state index contributed by atoms with van der Waals surface area (Å²) in [5.74, 6) is 1.23. The lowest BCUT2D eigenvalue weighted by atomic mass is 10.1. The summed E-state index contributed by atoms with van der Waals surface area (Å²) in [6, 6.07) is 5.55. The zero-order valence-electron chi connectivity index (χ0n) is 16.0. The van der Waals surface area contributed by atoms with Gasteiger partial charge in [-0.25, -0.2) is 4.79 Å². The molecule has 2 N–H and O–H groups in total. The second-order valence-corrected chi connectivity index (χ2v) is 6.96. The van der Waals surface area contributed by atoms with Gasteiger partial charge in [0, 0.05) is 51.0 Å². The van der Waals surface area contributed by atoms with E-state index in [1.807, 2.05) is 32.0 Å². The lowest BCUT2D eigenvalue weighted by Gasteiger charge is -2.33. The number of amides is 2. The first-order valence-electron chi connectivity index (χ1n) is 9.17. The molecule has 2 amide bonds. The quantitative estimate of drug-likeness (QED) is 0.794. The lowest BCUT2D eigenvalue weighted by molar-refractivity contribution is 0.138. The van der Waals surface area contributed by atoms with E-state index in [9.17, 15) is 4.79 Å². The maximum Gasteiger partial charge on any atom is 0.319 e. The number of urea groups is 1. The highest BCUT2D eigenvalue weighted by atomic mass is 16.5. The zero-order valence-corrected chi connectivity index (χ0v) is 16.0. The number of hydrogen-bond donors (Lipinski definition) is 2. The van der Waals surface area contributed by atoms with Crippen molar-refractivity contribution in [3.05, 3.63) is 23.8 Å². The largest absolute Gasteiger partial charge is 0.494 e. The molecule has 1 heterocycles. The van der Waals surface area contributed by atoms with Crippen LogP contribution in [0.25, 0.3) is 0 Å². The van der Waals surface area contributed by atoms with E-state index in [4.69, 9.17) is 4.74 Å². The Kier molecular flexibility index (Phi) is 7.52. The Morgan fingerprint density at radius 1 is 1.28 bits per heavy atom. The van der Waals surface area contributed by atoms with E-state index in [0.29, 0.717) is 19.1 Å². The number of nitrogens with zero attached hydrogens (tertiary/aromatic N) is 2. The van der Waals surface area contributed by atoms with Gasteiger partial charge in [-0.3, -0.25) is 0 Å². The van der Waals surface area contributed by atoms with Crippen LogP contribution in [0, 0.1) is 12.8 Å². The maximum atomic E-state index is 12.1. The summed E-state index contributed by atoms with van der Waals surface area (Å²) in [5, 5.41) is 5.85. The highest BCUT2D eigenvalue weighted by molar-refractivity contribution is 5.89. The van der Waals surface area contributed by atoms with Crippen molar-refractivity contribution in [2.45, 2.75) is 20.8 Å². The Morgan fingerprint density at radius 2 is 2.00 bits per heavy atom. The number of rotatable bonds is 7. The minimum Gasteiger partial charge on any atom is -0.494 e. The SMILES string of the molecule is CCOc1cc(NC(=O)NC[C@H](C)CN2CCN(C)CC2)ccc1C. The number of carbonyl (C=O) groups is 1. The van der Waals surface area contributed by atoms with E-state index in [0.717, 1.165) is 49.7 Å². The molecule has 1 aromatic rings. The predicted molar refractivity (Wildman–Crippen MR) is 102 cm³/mol. The standard InChI is InChI=1S/C19H32N4O2/c1-5-25-18-12-17(7-6-16(18)3)21-19(24)20-13-15(2)14-23-10-8-22(4)9-11-23/h6-7,12,15H,5,8-11,13-14H2,1-4H3,(H2,20,21,24)/t15-/m0/s1. The summed E-state index contributed by atoms with van der Waals surface area (Å²) in [5.41, 5.74) is 1.81. The van der Waals surface area contributed by atoms with Crippen LogP contribution in [-0.2, 0) is 0 Å². The second-order valence-electron chi connectivity index (χ2n) is 6.96. The maximum absolute atomic E-state index is 12.1. The van der Waals surface area contributed by atoms with Gasteiger partial charge in [-0.2, -0.15) is 0 Å². The number of nitrogens with one attached hydrogen (secondary N) is 2. The number of benzene rings is 1. The first kappa shape index (κ1) is 19.5. The van der Waals surface area contributed by atoms with Crippen molar-refractivity contribution in [3.8, 4) is 5.75 Å². The van der Waals surface area contributed by atoms with Crippen LogP contribution in [0.2, 0.25) is 0 Å². The highest BCUT2D eigenvalue weighted by Gasteiger charge is 2.16. The van der Waals surface area contributed by atoms with Crippen LogP contribution in [0.4, 0.5) is 10.5 Å². The second kappa shape index (κ2) is 9.63. The monoisotopic (exact) mass is 348 g/mol. The van der Waals surface area contributed by atoms with Crippen molar-refractivity contribution in [1.82, 2.24) is 15.1 Å². The molecule has 1 saturated heterocycles. The molecule has 140 valence electrons. The van der Waals surface area contributed by atoms with Crippen LogP contribution in [0.5, 0.6) is 5.75 Å². The van der Waals surface area contributed by atoms with Gasteiger partial charge in [0.05, 0.1) is 6.61 Å². The molecular formula is C19H32N4O2. The molecule has 0 aromatic heterocycles. The van der Waals surface area contributed by atoms with Crippen LogP contribution in [0.1, 0.15) is 19.4 Å². The first-order valence-corrected chi connectivity index (χ1v) is 9.17. The molecule has 6 nitrogen and oxygen atoms in total. The third-order valence-corrected chi connectivity index (χ3v) is 4.52. The Labute approximate surface area is 151 Å². The van der Waals surface area contributed by atoms with E-state index >= 15 is 0 Å². The molecule has 25 heavy (non-hydrogen) atoms. The third kappa shape index (κ3) is 6.55. The highest BCUT2D eigenvalue weighted by Crippen LogP contribution is 2.22. The number of likely N-dealkylation sites (N-methyl/N-ethyl adjacent to an activating group) is 1. The number of aryl methyl sites for hydroxylation is 1. The minimum absolute atomic E-state index is 0.170. The fourth-order valence-electron chi connectivity index (χ4n) is 2.97. The number of ether oxygens (including phenoxy) is 1. The van der Waals surface area contributed by atoms with Crippen molar-refractivity contribution in [1.29, 1.82) is 0 Å². The number of piperazine rings is 1. The molecule has 1 aromatic carbocycles. The fourth-order valence-corrected chi connectivity index (χ4v) is 2.97. The van der Waals surface area contributed by atoms with Crippen molar-refractivity contribution in [3.63, 3.8) is 0 Å². The van der Waals surface area contributed by atoms with Gasteiger partial charge in [0.15, 0.2) is 0 Å². The molecule has 0 bridgehead atoms. The minimum atomic E-state index is -0.170. The fraction of sp³-hybridized carbons (Fsp3) is 0.632. The predicted octanol–water partition coefficient (Wildman–Crippen LogP) is 2.40. The number of hydrogen-bond acceptors (Lipinski definition) is 4. The van der Waals surface area contributed by atoms with Gasteiger partial charge in [-0.15, -0.1) is 0 Å². The summed E-state index contributed by atoms with van der Waals surface area (Å²) >= 11 is 0. The van der Waals surface area contributed by atoms with Gasteiger partial charge in [0.1, 0.15) is 5.75 Å². The van der Waals surface area contributed by atoms with Gasteiger partial charge >= 0.3 is 6.03 Å². The summed E-state index contributed by atoms with van der Waals surface area (Å²) in [6.07, 6.45) is 0. The van der Waals surface area contributed by atoms with Crippen LogP contribution in [0.15, 0.2) is 18.2 Å². The molecular weight excluding hydrogens is 316 g/mol. The van der Waals surface area contributed by atoms with E-state index in [1.54, 1.807) is 0 Å². The summed E-state index contributed by atoms with van der Waals surface area (Å²) in [4.78, 5) is 16.9. The van der Waals surface area contributed by atoms with Gasteiger partial charge in [-0.1, -0.05) is 13.0 Å². The van der Waals surface area contributed by atoms with Crippen molar-refractivity contribution in [2.24, 2.45) is 5.92 Å². The van der Waals surface area contributed by atoms with E-state index in [1.165, 1.54) is 0 Å². The number of anilines is 1. The van der Waals surface area contributed by atoms with Gasteiger partial charge in [-0.05, 0) is 38.4 Å². The Morgan fingerprint density at radius 3 is 2.68 bits per heavy atom. The van der Waals surface area contributed by atoms with Gasteiger partial charge < -0.3 is 25.2 Å². The van der Waals surface area contributed by atoms with Crippen LogP contribution < -0.4 is 15.4 Å². The smallest absolute Gasteiger partial charge is 0.319 e. The summed E-state index contributed by atoms with van der Waals surface area (Å²) in [6.45, 7) is 12.9. The number of carbonyl (C=O) groups excluding carboxylic acids is 1. The normalized spacial score (nSPS) is 17.1. The molecule has 0 radical (unpaired) electrons. The van der Waals surface area contributed by atoms with Crippen molar-refractivity contribution >= 4 is 11.7 Å². The summed E-state index contributed by atoms with van der Waals surface area (Å²) in [7, 11) is 2.16. The van der Waals surface area contributed by atoms with Crippen LogP contribution in [0.3, 0.4) is 0 Å². The molecule has 1 atom stereocenters. The van der Waals surface area contributed by atoms with Crippen LogP contribution in [-0.4, -0.2) is 68.8 Å². The third-order valence-electron chi connectivity index (χ3n) is 4.52. The Bertz CT molecular complexity index is 556. The topological polar surface area (TPSA) is 56.8 Å². The molecule has 0 spiro atoms. The molecule has 2 rings (SSSR count). The van der Waals surface area contributed by atoms with E-state index in [-0.39, 0.29) is 6.03 Å². The van der Waals surface area contributed by atoms with E-state index < -0.39 is 0 Å². The van der Waals surface area contributed by atoms with Crippen molar-refractivity contribution in [2.75, 3.05) is 58.2 Å². The first-order chi connectivity index (χ1) is 12.0. The Hall–Kier alpha value is -1.79. The average molecular weight is 348 g/mol. The molecule has 1 aliphatic heterocycles. The average Bonchev–Trinajstić information content (AvgIpc) is 2.58. The molecule has 1 aliphatic rings. The summed E-state index contributed by atoms with van der Waals surface area (Å²) < 4.78 is 5.57. The van der Waals surface area contributed by atoms with E-state index in [2.05, 4.69) is 34.4 Å². The van der Waals surface area contributed by atoms with Gasteiger partial charge in [0.25, 0.3) is 0 Å².